The molecule has 0 aliphatic carbocycles. The van der Waals surface area contributed by atoms with Gasteiger partial charge in [-0.1, -0.05) is 68.0 Å². The summed E-state index contributed by atoms with van der Waals surface area (Å²) in [6.45, 7) is 4.75. The molecule has 0 saturated carbocycles. The summed E-state index contributed by atoms with van der Waals surface area (Å²) in [4.78, 5) is 60.6. The number of hydrogen-bond donors (Lipinski definition) is 1. The lowest BCUT2D eigenvalue weighted by atomic mass is 9.74. The van der Waals surface area contributed by atoms with Gasteiger partial charge in [0, 0.05) is 39.7 Å². The third-order valence-corrected chi connectivity index (χ3v) is 9.36. The molecule has 10 nitrogen and oxygen atoms in total. The van der Waals surface area contributed by atoms with E-state index in [0.29, 0.717) is 25.9 Å². The fourth-order valence-corrected chi connectivity index (χ4v) is 6.94. The summed E-state index contributed by atoms with van der Waals surface area (Å²) in [6.07, 6.45) is 8.60. The lowest BCUT2D eigenvalue weighted by Gasteiger charge is -2.36. The zero-order valence-electron chi connectivity index (χ0n) is 25.3. The summed E-state index contributed by atoms with van der Waals surface area (Å²) in [5.41, 5.74) is -0.571. The van der Waals surface area contributed by atoms with Gasteiger partial charge in [0.25, 0.3) is 0 Å². The van der Waals surface area contributed by atoms with Crippen LogP contribution in [0.15, 0.2) is 54.6 Å². The molecule has 0 aromatic heterocycles. The minimum Gasteiger partial charge on any atom is -0.455 e. The van der Waals surface area contributed by atoms with Gasteiger partial charge >= 0.3 is 5.97 Å². The van der Waals surface area contributed by atoms with Crippen molar-refractivity contribution in [3.8, 4) is 0 Å². The van der Waals surface area contributed by atoms with Gasteiger partial charge in [0.15, 0.2) is 0 Å². The van der Waals surface area contributed by atoms with Crippen LogP contribution in [-0.2, 0) is 28.7 Å². The molecular formula is C33H43N3O7. The summed E-state index contributed by atoms with van der Waals surface area (Å²) >= 11 is 0. The Morgan fingerprint density at radius 2 is 1.79 bits per heavy atom. The molecule has 4 aliphatic rings. The highest BCUT2D eigenvalue weighted by molar-refractivity contribution is 5.99. The summed E-state index contributed by atoms with van der Waals surface area (Å²) < 4.78 is 12.7. The number of cyclic esters (lactones) is 1. The van der Waals surface area contributed by atoms with Crippen molar-refractivity contribution in [1.82, 2.24) is 14.7 Å². The zero-order chi connectivity index (χ0) is 30.7. The number of nitrogens with zero attached hydrogens (tertiary/aromatic N) is 3. The van der Waals surface area contributed by atoms with Crippen molar-refractivity contribution in [3.05, 3.63) is 60.2 Å². The number of likely N-dealkylation sites (tertiary alicyclic amines) is 1. The van der Waals surface area contributed by atoms with E-state index < -0.39 is 47.7 Å². The highest BCUT2D eigenvalue weighted by atomic mass is 16.6. The topological polar surface area (TPSA) is 117 Å². The first-order chi connectivity index (χ1) is 20.7. The molecule has 1 aromatic carbocycles. The van der Waals surface area contributed by atoms with Crippen LogP contribution in [0.1, 0.15) is 57.6 Å². The SMILES string of the molecule is CCCCN1C/C=C\CCC(=O)N(C)[C@H](C)[C@@H](c2ccccc2)OC(=O)[C@@H]2[C@@H]3C=C[C@]4(O3)[C@H](C1=O)N(CCCO)C(=O)[C@@H]24. The molecule has 5 bridgehead atoms. The van der Waals surface area contributed by atoms with E-state index in [-0.39, 0.29) is 37.3 Å². The average Bonchev–Trinajstić information content (AvgIpc) is 3.66. The molecule has 232 valence electrons. The maximum absolute atomic E-state index is 14.3. The van der Waals surface area contributed by atoms with Gasteiger partial charge in [-0.15, -0.1) is 0 Å². The summed E-state index contributed by atoms with van der Waals surface area (Å²) in [5, 5.41) is 9.62. The van der Waals surface area contributed by atoms with E-state index in [0.717, 1.165) is 18.4 Å². The van der Waals surface area contributed by atoms with E-state index in [9.17, 15) is 24.3 Å². The Bertz CT molecular complexity index is 1270. The molecule has 3 amide bonds. The van der Waals surface area contributed by atoms with Gasteiger partial charge in [-0.2, -0.15) is 0 Å². The summed E-state index contributed by atoms with van der Waals surface area (Å²) in [5.74, 6) is -3.16. The van der Waals surface area contributed by atoms with Crippen LogP contribution in [0.25, 0.3) is 0 Å². The Morgan fingerprint density at radius 1 is 1.02 bits per heavy atom. The van der Waals surface area contributed by atoms with Gasteiger partial charge in [0.2, 0.25) is 17.7 Å². The second-order valence-electron chi connectivity index (χ2n) is 12.0. The molecule has 1 N–H and O–H groups in total. The van der Waals surface area contributed by atoms with E-state index in [1.54, 1.807) is 29.0 Å². The van der Waals surface area contributed by atoms with Crippen LogP contribution in [-0.4, -0.2) is 101 Å². The van der Waals surface area contributed by atoms with Crippen molar-refractivity contribution in [3.63, 3.8) is 0 Å². The van der Waals surface area contributed by atoms with E-state index in [4.69, 9.17) is 9.47 Å². The number of unbranched alkanes of at least 4 members (excludes halogenated alkanes) is 1. The minimum absolute atomic E-state index is 0.0868. The number of hydrogen-bond acceptors (Lipinski definition) is 7. The lowest BCUT2D eigenvalue weighted by Crippen LogP contribution is -2.56. The largest absolute Gasteiger partial charge is 0.455 e. The first-order valence-electron chi connectivity index (χ1n) is 15.5. The molecule has 2 fully saturated rings. The van der Waals surface area contributed by atoms with Crippen molar-refractivity contribution in [2.75, 3.05) is 33.3 Å². The highest BCUT2D eigenvalue weighted by Crippen LogP contribution is 2.56. The predicted molar refractivity (Wildman–Crippen MR) is 158 cm³/mol. The zero-order valence-corrected chi connectivity index (χ0v) is 25.3. The van der Waals surface area contributed by atoms with Crippen LogP contribution in [0.3, 0.4) is 0 Å². The van der Waals surface area contributed by atoms with Crippen molar-refractivity contribution in [2.24, 2.45) is 11.8 Å². The van der Waals surface area contributed by atoms with Crippen LogP contribution in [0.4, 0.5) is 0 Å². The predicted octanol–water partition coefficient (Wildman–Crippen LogP) is 2.63. The molecule has 4 heterocycles. The van der Waals surface area contributed by atoms with Crippen molar-refractivity contribution in [2.45, 2.75) is 75.8 Å². The van der Waals surface area contributed by atoms with Crippen molar-refractivity contribution in [1.29, 1.82) is 0 Å². The molecule has 0 radical (unpaired) electrons. The van der Waals surface area contributed by atoms with Gasteiger partial charge < -0.3 is 29.3 Å². The van der Waals surface area contributed by atoms with E-state index in [2.05, 4.69) is 0 Å². The molecule has 10 heteroatoms. The Hall–Kier alpha value is -3.50. The molecule has 5 rings (SSSR count). The third kappa shape index (κ3) is 5.62. The Balaban J connectivity index is 1.57. The first-order valence-corrected chi connectivity index (χ1v) is 15.5. The van der Waals surface area contributed by atoms with Gasteiger partial charge in [0.05, 0.1) is 18.1 Å². The number of aliphatic hydroxyl groups is 1. The van der Waals surface area contributed by atoms with Crippen molar-refractivity contribution < 1.29 is 33.8 Å². The number of fused-ring (bicyclic) bond motifs is 2. The van der Waals surface area contributed by atoms with Gasteiger partial charge in [-0.3, -0.25) is 19.2 Å². The smallest absolute Gasteiger partial charge is 0.313 e. The van der Waals surface area contributed by atoms with Crippen LogP contribution < -0.4 is 0 Å². The normalized spacial score (nSPS) is 33.7. The van der Waals surface area contributed by atoms with Crippen LogP contribution in [0.5, 0.6) is 0 Å². The molecular weight excluding hydrogens is 550 g/mol. The van der Waals surface area contributed by atoms with E-state index >= 15 is 0 Å². The Labute approximate surface area is 253 Å². The maximum Gasteiger partial charge on any atom is 0.313 e. The maximum atomic E-state index is 14.3. The second-order valence-corrected chi connectivity index (χ2v) is 12.0. The number of esters is 1. The van der Waals surface area contributed by atoms with E-state index in [1.165, 1.54) is 4.90 Å². The third-order valence-electron chi connectivity index (χ3n) is 9.36. The number of carbonyl (C=O) groups is 4. The van der Waals surface area contributed by atoms with Gasteiger partial charge in [-0.25, -0.2) is 0 Å². The van der Waals surface area contributed by atoms with Crippen molar-refractivity contribution >= 4 is 23.7 Å². The van der Waals surface area contributed by atoms with Crippen LogP contribution in [0.2, 0.25) is 0 Å². The first kappa shape index (κ1) is 30.9. The standard InChI is InChI=1S/C33H43N3O7/c1-4-5-18-35-19-11-7-10-15-25(38)34(3)22(2)28(23-13-8-6-9-14-23)42-32(41)26-24-16-17-33(43-24)27(26)30(39)36(20-12-21-37)29(33)31(35)40/h6-9,11,13-14,16-17,22,24,26-29,37H,4-5,10,12,15,18-21H2,1-3H3/b11-7-/t22-,24+,26-,27-,28+,29+,33-/m1/s1. The lowest BCUT2D eigenvalue weighted by molar-refractivity contribution is -0.164. The number of benzene rings is 1. The van der Waals surface area contributed by atoms with Gasteiger partial charge in [0.1, 0.15) is 23.7 Å². The molecule has 2 saturated heterocycles. The van der Waals surface area contributed by atoms with Crippen LogP contribution >= 0.6 is 0 Å². The number of aliphatic hydroxyl groups excluding tert-OH is 1. The Morgan fingerprint density at radius 3 is 2.51 bits per heavy atom. The molecule has 43 heavy (non-hydrogen) atoms. The minimum atomic E-state index is -1.30. The number of likely N-dealkylation sites (N-methyl/N-ethyl adjacent to an activating group) is 1. The molecule has 7 atom stereocenters. The molecule has 1 aromatic rings. The van der Waals surface area contributed by atoms with Gasteiger partial charge in [-0.05, 0) is 31.7 Å². The van der Waals surface area contributed by atoms with E-state index in [1.807, 2.05) is 56.3 Å². The number of allylic oxidation sites excluding steroid dienone is 1. The van der Waals surface area contributed by atoms with Crippen LogP contribution in [0, 0.1) is 11.8 Å². The number of carbonyl (C=O) groups excluding carboxylic acids is 4. The summed E-state index contributed by atoms with van der Waals surface area (Å²) in [6, 6.07) is 7.83. The average molecular weight is 594 g/mol. The molecule has 0 unspecified atom stereocenters. The summed E-state index contributed by atoms with van der Waals surface area (Å²) in [7, 11) is 1.71. The molecule has 4 aliphatic heterocycles. The fraction of sp³-hybridized carbons (Fsp3) is 0.576. The Kier molecular flexibility index (Phi) is 9.36. The molecule has 1 spiro atoms. The highest BCUT2D eigenvalue weighted by Gasteiger charge is 2.73. The number of ether oxygens (including phenoxy) is 2. The fourth-order valence-electron chi connectivity index (χ4n) is 6.94. The number of rotatable bonds is 7. The number of amides is 3. The second kappa shape index (κ2) is 13.0. The monoisotopic (exact) mass is 593 g/mol. The quantitative estimate of drug-likeness (QED) is 0.382.